The van der Waals surface area contributed by atoms with Crippen molar-refractivity contribution in [3.05, 3.63) is 53.1 Å². The molecule has 2 aromatic rings. The van der Waals surface area contributed by atoms with Gasteiger partial charge in [0.1, 0.15) is 18.2 Å². The number of nitrogens with one attached hydrogen (secondary N) is 1. The number of hydrogen-bond donors (Lipinski definition) is 1. The molecule has 0 aliphatic rings. The highest BCUT2D eigenvalue weighted by atomic mass is 35.5. The Labute approximate surface area is 110 Å². The molecular formula is C13H12ClFN2O. The number of nitrogens with zero attached hydrogens (tertiary/aromatic N) is 1. The van der Waals surface area contributed by atoms with Gasteiger partial charge in [-0.05, 0) is 24.3 Å². The SMILES string of the molecule is CNc1ccnc(COc2ccc(F)c(Cl)c2)c1. The van der Waals surface area contributed by atoms with E-state index in [1.165, 1.54) is 18.2 Å². The van der Waals surface area contributed by atoms with Gasteiger partial charge >= 0.3 is 0 Å². The van der Waals surface area contributed by atoms with Crippen molar-refractivity contribution in [1.82, 2.24) is 4.98 Å². The maximum absolute atomic E-state index is 13.0. The molecule has 0 aliphatic heterocycles. The highest BCUT2D eigenvalue weighted by molar-refractivity contribution is 6.30. The molecule has 3 nitrogen and oxygen atoms in total. The molecule has 0 spiro atoms. The molecule has 5 heteroatoms. The van der Waals surface area contributed by atoms with Crippen LogP contribution >= 0.6 is 11.6 Å². The topological polar surface area (TPSA) is 34.2 Å². The molecule has 1 heterocycles. The van der Waals surface area contributed by atoms with Gasteiger partial charge in [0.2, 0.25) is 0 Å². The third kappa shape index (κ3) is 3.11. The largest absolute Gasteiger partial charge is 0.487 e. The average Bonchev–Trinajstić information content (AvgIpc) is 2.40. The fourth-order valence-corrected chi connectivity index (χ4v) is 1.61. The van der Waals surface area contributed by atoms with Crippen molar-refractivity contribution in [2.75, 3.05) is 12.4 Å². The third-order valence-electron chi connectivity index (χ3n) is 2.38. The fourth-order valence-electron chi connectivity index (χ4n) is 1.44. The second-order valence-electron chi connectivity index (χ2n) is 3.65. The number of ether oxygens (including phenoxy) is 1. The first-order valence-corrected chi connectivity index (χ1v) is 5.77. The number of benzene rings is 1. The smallest absolute Gasteiger partial charge is 0.142 e. The Morgan fingerprint density at radius 1 is 1.33 bits per heavy atom. The van der Waals surface area contributed by atoms with Crippen LogP contribution in [-0.2, 0) is 6.61 Å². The molecule has 0 fully saturated rings. The van der Waals surface area contributed by atoms with Gasteiger partial charge in [-0.25, -0.2) is 4.39 Å². The second kappa shape index (κ2) is 5.69. The summed E-state index contributed by atoms with van der Waals surface area (Å²) in [6.45, 7) is 0.303. The Bertz CT molecular complexity index is 548. The molecule has 94 valence electrons. The zero-order valence-corrected chi connectivity index (χ0v) is 10.5. The number of halogens is 2. The lowest BCUT2D eigenvalue weighted by molar-refractivity contribution is 0.301. The number of anilines is 1. The molecule has 1 aromatic carbocycles. The Balaban J connectivity index is 2.04. The lowest BCUT2D eigenvalue weighted by atomic mass is 10.3. The molecule has 1 N–H and O–H groups in total. The summed E-state index contributed by atoms with van der Waals surface area (Å²) >= 11 is 5.66. The third-order valence-corrected chi connectivity index (χ3v) is 2.67. The van der Waals surface area contributed by atoms with Crippen molar-refractivity contribution in [1.29, 1.82) is 0 Å². The maximum Gasteiger partial charge on any atom is 0.142 e. The summed E-state index contributed by atoms with van der Waals surface area (Å²) in [4.78, 5) is 4.17. The van der Waals surface area contributed by atoms with Crippen LogP contribution in [0.3, 0.4) is 0 Å². The highest BCUT2D eigenvalue weighted by Gasteiger charge is 2.03. The Kier molecular flexibility index (Phi) is 3.99. The quantitative estimate of drug-likeness (QED) is 0.920. The zero-order chi connectivity index (χ0) is 13.0. The Morgan fingerprint density at radius 2 is 2.17 bits per heavy atom. The van der Waals surface area contributed by atoms with Gasteiger partial charge in [-0.15, -0.1) is 0 Å². The molecular weight excluding hydrogens is 255 g/mol. The number of rotatable bonds is 4. The fraction of sp³-hybridized carbons (Fsp3) is 0.154. The average molecular weight is 267 g/mol. The van der Waals surface area contributed by atoms with E-state index in [9.17, 15) is 4.39 Å². The highest BCUT2D eigenvalue weighted by Crippen LogP contribution is 2.21. The minimum Gasteiger partial charge on any atom is -0.487 e. The molecule has 0 amide bonds. The number of pyridine rings is 1. The summed E-state index contributed by atoms with van der Waals surface area (Å²) in [6.07, 6.45) is 1.70. The lowest BCUT2D eigenvalue weighted by Gasteiger charge is -2.07. The minimum absolute atomic E-state index is 0.0458. The normalized spacial score (nSPS) is 10.2. The molecule has 0 saturated carbocycles. The van der Waals surface area contributed by atoms with Crippen molar-refractivity contribution in [3.8, 4) is 5.75 Å². The van der Waals surface area contributed by atoms with Crippen LogP contribution in [0, 0.1) is 5.82 Å². The van der Waals surface area contributed by atoms with Crippen LogP contribution in [0.2, 0.25) is 5.02 Å². The van der Waals surface area contributed by atoms with Crippen molar-refractivity contribution >= 4 is 17.3 Å². The van der Waals surface area contributed by atoms with Gasteiger partial charge in [-0.2, -0.15) is 0 Å². The van der Waals surface area contributed by atoms with E-state index < -0.39 is 5.82 Å². The van der Waals surface area contributed by atoms with E-state index in [0.29, 0.717) is 12.4 Å². The van der Waals surface area contributed by atoms with Crippen molar-refractivity contribution in [3.63, 3.8) is 0 Å². The predicted octanol–water partition coefficient (Wildman–Crippen LogP) is 3.49. The van der Waals surface area contributed by atoms with Crippen LogP contribution in [0.5, 0.6) is 5.75 Å². The Morgan fingerprint density at radius 3 is 2.89 bits per heavy atom. The maximum atomic E-state index is 13.0. The summed E-state index contributed by atoms with van der Waals surface area (Å²) < 4.78 is 18.4. The monoisotopic (exact) mass is 266 g/mol. The Hall–Kier alpha value is -1.81. The van der Waals surface area contributed by atoms with Gasteiger partial charge in [-0.1, -0.05) is 11.6 Å². The van der Waals surface area contributed by atoms with E-state index in [1.54, 1.807) is 6.20 Å². The van der Waals surface area contributed by atoms with E-state index in [1.807, 2.05) is 19.2 Å². The molecule has 2 rings (SSSR count). The van der Waals surface area contributed by atoms with Crippen molar-refractivity contribution in [2.45, 2.75) is 6.61 Å². The lowest BCUT2D eigenvalue weighted by Crippen LogP contribution is -1.99. The van der Waals surface area contributed by atoms with Crippen molar-refractivity contribution < 1.29 is 9.13 Å². The van der Waals surface area contributed by atoms with Gasteiger partial charge in [0.15, 0.2) is 0 Å². The van der Waals surface area contributed by atoms with Gasteiger partial charge < -0.3 is 10.1 Å². The van der Waals surface area contributed by atoms with Crippen LogP contribution in [-0.4, -0.2) is 12.0 Å². The summed E-state index contributed by atoms with van der Waals surface area (Å²) in [6, 6.07) is 7.99. The molecule has 0 saturated heterocycles. The summed E-state index contributed by atoms with van der Waals surface area (Å²) in [5.41, 5.74) is 1.74. The molecule has 1 aromatic heterocycles. The van der Waals surface area contributed by atoms with Crippen molar-refractivity contribution in [2.24, 2.45) is 0 Å². The van der Waals surface area contributed by atoms with E-state index in [2.05, 4.69) is 10.3 Å². The van der Waals surface area contributed by atoms with E-state index in [4.69, 9.17) is 16.3 Å². The molecule has 0 radical (unpaired) electrons. The molecule has 18 heavy (non-hydrogen) atoms. The van der Waals surface area contributed by atoms with E-state index in [0.717, 1.165) is 11.4 Å². The molecule has 0 atom stereocenters. The first-order chi connectivity index (χ1) is 8.69. The zero-order valence-electron chi connectivity index (χ0n) is 9.78. The number of hydrogen-bond acceptors (Lipinski definition) is 3. The molecule has 0 aliphatic carbocycles. The standard InChI is InChI=1S/C13H12ClFN2O/c1-16-9-4-5-17-10(6-9)8-18-11-2-3-13(15)12(14)7-11/h2-7H,8H2,1H3,(H,16,17). The van der Waals surface area contributed by atoms with Crippen LogP contribution in [0.15, 0.2) is 36.5 Å². The first kappa shape index (κ1) is 12.6. The summed E-state index contributed by atoms with van der Waals surface area (Å²) in [7, 11) is 1.83. The van der Waals surface area contributed by atoms with Gasteiger partial charge in [0.25, 0.3) is 0 Å². The van der Waals surface area contributed by atoms with E-state index >= 15 is 0 Å². The van der Waals surface area contributed by atoms with Gasteiger partial charge in [-0.3, -0.25) is 4.98 Å². The summed E-state index contributed by atoms with van der Waals surface area (Å²) in [5.74, 6) is 0.0531. The minimum atomic E-state index is -0.459. The van der Waals surface area contributed by atoms with Crippen LogP contribution < -0.4 is 10.1 Å². The van der Waals surface area contributed by atoms with Crippen LogP contribution in [0.4, 0.5) is 10.1 Å². The van der Waals surface area contributed by atoms with E-state index in [-0.39, 0.29) is 5.02 Å². The van der Waals surface area contributed by atoms with Crippen LogP contribution in [0.25, 0.3) is 0 Å². The summed E-state index contributed by atoms with van der Waals surface area (Å²) in [5, 5.41) is 3.06. The number of aromatic nitrogens is 1. The predicted molar refractivity (Wildman–Crippen MR) is 69.5 cm³/mol. The van der Waals surface area contributed by atoms with Gasteiger partial charge in [0.05, 0.1) is 10.7 Å². The first-order valence-electron chi connectivity index (χ1n) is 5.39. The van der Waals surface area contributed by atoms with Crippen LogP contribution in [0.1, 0.15) is 5.69 Å². The molecule has 0 bridgehead atoms. The second-order valence-corrected chi connectivity index (χ2v) is 4.06. The molecule has 0 unspecified atom stereocenters. The van der Waals surface area contributed by atoms with Gasteiger partial charge in [0, 0.05) is 25.0 Å².